The van der Waals surface area contributed by atoms with Gasteiger partial charge in [0, 0.05) is 23.9 Å². The molecule has 0 spiro atoms. The number of nitrogens with one attached hydrogen (secondary N) is 1. The minimum Gasteiger partial charge on any atom is -0.497 e. The Hall–Kier alpha value is -2.50. The molecule has 23 heavy (non-hydrogen) atoms. The maximum atomic E-state index is 12.3. The van der Waals surface area contributed by atoms with Crippen LogP contribution in [0.4, 0.5) is 0 Å². The minimum absolute atomic E-state index is 0.166. The van der Waals surface area contributed by atoms with Crippen molar-refractivity contribution < 1.29 is 14.3 Å². The summed E-state index contributed by atoms with van der Waals surface area (Å²) in [5.74, 6) is 1.01. The van der Waals surface area contributed by atoms with E-state index in [1.54, 1.807) is 32.4 Å². The number of carbonyl (C=O) groups excluding carboxylic acids is 1. The van der Waals surface area contributed by atoms with E-state index in [9.17, 15) is 4.79 Å². The summed E-state index contributed by atoms with van der Waals surface area (Å²) >= 11 is 0. The summed E-state index contributed by atoms with van der Waals surface area (Å²) in [6.07, 6.45) is 0. The predicted octanol–water partition coefficient (Wildman–Crippen LogP) is 2.26. The number of amides is 1. The zero-order valence-electron chi connectivity index (χ0n) is 14.3. The van der Waals surface area contributed by atoms with Gasteiger partial charge in [-0.05, 0) is 38.5 Å². The van der Waals surface area contributed by atoms with E-state index in [4.69, 9.17) is 9.47 Å². The molecule has 0 bridgehead atoms. The summed E-state index contributed by atoms with van der Waals surface area (Å²) in [7, 11) is 3.11. The molecule has 124 valence electrons. The second-order valence-corrected chi connectivity index (χ2v) is 5.38. The van der Waals surface area contributed by atoms with E-state index in [2.05, 4.69) is 17.3 Å². The van der Waals surface area contributed by atoms with Crippen molar-refractivity contribution in [1.29, 1.82) is 0 Å². The van der Waals surface area contributed by atoms with Crippen LogP contribution in [0.3, 0.4) is 0 Å². The maximum Gasteiger partial charge on any atom is 0.251 e. The fourth-order valence-electron chi connectivity index (χ4n) is 2.32. The number of nitrogens with zero attached hydrogens (tertiary/aromatic N) is 2. The van der Waals surface area contributed by atoms with Crippen molar-refractivity contribution in [3.63, 3.8) is 0 Å². The highest BCUT2D eigenvalue weighted by Gasteiger charge is 2.11. The van der Waals surface area contributed by atoms with E-state index in [1.165, 1.54) is 5.56 Å². The Morgan fingerprint density at radius 3 is 2.22 bits per heavy atom. The average Bonchev–Trinajstić information content (AvgIpc) is 2.81. The first-order valence-electron chi connectivity index (χ1n) is 7.48. The smallest absolute Gasteiger partial charge is 0.251 e. The third kappa shape index (κ3) is 3.83. The van der Waals surface area contributed by atoms with Gasteiger partial charge >= 0.3 is 0 Å². The van der Waals surface area contributed by atoms with Crippen molar-refractivity contribution in [3.05, 3.63) is 40.7 Å². The molecule has 6 nitrogen and oxygen atoms in total. The Balaban J connectivity index is 2.01. The standard InChI is InChI=1S/C17H23N3O3/c1-11-12(2)19-20(13(11)3)7-6-18-17(21)14-8-15(22-4)10-16(9-14)23-5/h8-10H,6-7H2,1-5H3,(H,18,21). The summed E-state index contributed by atoms with van der Waals surface area (Å²) in [5.41, 5.74) is 3.84. The van der Waals surface area contributed by atoms with Crippen molar-refractivity contribution in [2.24, 2.45) is 0 Å². The van der Waals surface area contributed by atoms with Gasteiger partial charge in [0.25, 0.3) is 5.91 Å². The SMILES string of the molecule is COc1cc(OC)cc(C(=O)NCCn2nc(C)c(C)c2C)c1. The number of benzene rings is 1. The minimum atomic E-state index is -0.166. The third-order valence-corrected chi connectivity index (χ3v) is 3.97. The van der Waals surface area contributed by atoms with Gasteiger partial charge in [-0.25, -0.2) is 0 Å². The molecule has 1 aromatic carbocycles. The zero-order valence-corrected chi connectivity index (χ0v) is 14.3. The molecule has 1 amide bonds. The molecular weight excluding hydrogens is 294 g/mol. The molecule has 0 aliphatic rings. The molecule has 2 aromatic rings. The average molecular weight is 317 g/mol. The van der Waals surface area contributed by atoms with Gasteiger partial charge in [0.15, 0.2) is 0 Å². The van der Waals surface area contributed by atoms with Gasteiger partial charge < -0.3 is 14.8 Å². The van der Waals surface area contributed by atoms with Crippen LogP contribution in [-0.2, 0) is 6.54 Å². The largest absolute Gasteiger partial charge is 0.497 e. The molecule has 1 N–H and O–H groups in total. The Bertz CT molecular complexity index is 685. The van der Waals surface area contributed by atoms with Crippen molar-refractivity contribution >= 4 is 5.91 Å². The van der Waals surface area contributed by atoms with Crippen LogP contribution < -0.4 is 14.8 Å². The molecule has 0 unspecified atom stereocenters. The topological polar surface area (TPSA) is 65.4 Å². The van der Waals surface area contributed by atoms with E-state index >= 15 is 0 Å². The molecule has 0 aliphatic carbocycles. The monoisotopic (exact) mass is 317 g/mol. The van der Waals surface area contributed by atoms with Gasteiger partial charge in [0.1, 0.15) is 11.5 Å². The normalized spacial score (nSPS) is 10.5. The van der Waals surface area contributed by atoms with E-state index in [0.717, 1.165) is 11.4 Å². The molecular formula is C17H23N3O3. The molecule has 0 saturated heterocycles. The number of carbonyl (C=O) groups is 1. The molecule has 0 fully saturated rings. The van der Waals surface area contributed by atoms with Crippen molar-refractivity contribution in [2.75, 3.05) is 20.8 Å². The molecule has 0 aliphatic heterocycles. The van der Waals surface area contributed by atoms with Crippen LogP contribution in [0.1, 0.15) is 27.3 Å². The van der Waals surface area contributed by atoms with Crippen molar-refractivity contribution in [3.8, 4) is 11.5 Å². The van der Waals surface area contributed by atoms with Crippen LogP contribution in [0, 0.1) is 20.8 Å². The highest BCUT2D eigenvalue weighted by molar-refractivity contribution is 5.95. The van der Waals surface area contributed by atoms with E-state index in [1.807, 2.05) is 18.5 Å². The summed E-state index contributed by atoms with van der Waals surface area (Å²) < 4.78 is 12.3. The molecule has 0 atom stereocenters. The van der Waals surface area contributed by atoms with Gasteiger partial charge in [0.2, 0.25) is 0 Å². The predicted molar refractivity (Wildman–Crippen MR) is 88.3 cm³/mol. The van der Waals surface area contributed by atoms with Crippen LogP contribution in [0.5, 0.6) is 11.5 Å². The summed E-state index contributed by atoms with van der Waals surface area (Å²) in [5, 5.41) is 7.35. The summed E-state index contributed by atoms with van der Waals surface area (Å²) in [6, 6.07) is 5.10. The molecule has 1 heterocycles. The summed E-state index contributed by atoms with van der Waals surface area (Å²) in [4.78, 5) is 12.3. The van der Waals surface area contributed by atoms with Crippen LogP contribution in [0.15, 0.2) is 18.2 Å². The van der Waals surface area contributed by atoms with Crippen LogP contribution >= 0.6 is 0 Å². The van der Waals surface area contributed by atoms with Crippen LogP contribution in [0.2, 0.25) is 0 Å². The van der Waals surface area contributed by atoms with Gasteiger partial charge in [-0.1, -0.05) is 0 Å². The lowest BCUT2D eigenvalue weighted by Crippen LogP contribution is -2.27. The lowest BCUT2D eigenvalue weighted by Gasteiger charge is -2.10. The zero-order chi connectivity index (χ0) is 17.0. The maximum absolute atomic E-state index is 12.3. The Morgan fingerprint density at radius 1 is 1.13 bits per heavy atom. The number of hydrogen-bond acceptors (Lipinski definition) is 4. The van der Waals surface area contributed by atoms with E-state index < -0.39 is 0 Å². The molecule has 0 saturated carbocycles. The molecule has 6 heteroatoms. The number of ether oxygens (including phenoxy) is 2. The first kappa shape index (κ1) is 16.9. The molecule has 2 rings (SSSR count). The Labute approximate surface area is 136 Å². The van der Waals surface area contributed by atoms with Gasteiger partial charge in [-0.3, -0.25) is 9.48 Å². The van der Waals surface area contributed by atoms with E-state index in [0.29, 0.717) is 30.2 Å². The van der Waals surface area contributed by atoms with Crippen molar-refractivity contribution in [1.82, 2.24) is 15.1 Å². The Morgan fingerprint density at radius 2 is 1.74 bits per heavy atom. The Kier molecular flexibility index (Phi) is 5.26. The van der Waals surface area contributed by atoms with Gasteiger partial charge in [-0.2, -0.15) is 5.10 Å². The summed E-state index contributed by atoms with van der Waals surface area (Å²) in [6.45, 7) is 7.20. The highest BCUT2D eigenvalue weighted by atomic mass is 16.5. The number of aryl methyl sites for hydroxylation is 1. The van der Waals surface area contributed by atoms with Crippen LogP contribution in [-0.4, -0.2) is 36.5 Å². The number of hydrogen-bond donors (Lipinski definition) is 1. The number of methoxy groups -OCH3 is 2. The molecule has 1 aromatic heterocycles. The highest BCUT2D eigenvalue weighted by Crippen LogP contribution is 2.22. The second-order valence-electron chi connectivity index (χ2n) is 5.38. The van der Waals surface area contributed by atoms with E-state index in [-0.39, 0.29) is 5.91 Å². The third-order valence-electron chi connectivity index (χ3n) is 3.97. The number of rotatable bonds is 6. The quantitative estimate of drug-likeness (QED) is 0.887. The molecule has 0 radical (unpaired) electrons. The van der Waals surface area contributed by atoms with Crippen molar-refractivity contribution in [2.45, 2.75) is 27.3 Å². The second kappa shape index (κ2) is 7.17. The van der Waals surface area contributed by atoms with Gasteiger partial charge in [0.05, 0.1) is 26.5 Å². The lowest BCUT2D eigenvalue weighted by atomic mass is 10.2. The number of aromatic nitrogens is 2. The van der Waals surface area contributed by atoms with Gasteiger partial charge in [-0.15, -0.1) is 0 Å². The lowest BCUT2D eigenvalue weighted by molar-refractivity contribution is 0.0951. The van der Waals surface area contributed by atoms with Crippen LogP contribution in [0.25, 0.3) is 0 Å². The fourth-order valence-corrected chi connectivity index (χ4v) is 2.32. The first-order chi connectivity index (χ1) is 11.0. The first-order valence-corrected chi connectivity index (χ1v) is 7.48. The fraction of sp³-hybridized carbons (Fsp3) is 0.412.